The van der Waals surface area contributed by atoms with Gasteiger partial charge in [0.05, 0.1) is 12.6 Å². The van der Waals surface area contributed by atoms with Crippen LogP contribution in [0.3, 0.4) is 0 Å². The van der Waals surface area contributed by atoms with Crippen molar-refractivity contribution in [3.8, 4) is 0 Å². The Bertz CT molecular complexity index is 542. The molecule has 0 saturated heterocycles. The van der Waals surface area contributed by atoms with E-state index in [-0.39, 0.29) is 18.6 Å². The number of benzene rings is 2. The molecule has 0 radical (unpaired) electrons. The predicted octanol–water partition coefficient (Wildman–Crippen LogP) is 2.34. The van der Waals surface area contributed by atoms with E-state index in [1.165, 1.54) is 0 Å². The first kappa shape index (κ1) is 12.6. The van der Waals surface area contributed by atoms with E-state index in [1.807, 2.05) is 49.4 Å². The molecule has 0 fully saturated rings. The third kappa shape index (κ3) is 2.51. The molecule has 0 spiro atoms. The first-order valence-corrected chi connectivity index (χ1v) is 6.15. The predicted molar refractivity (Wildman–Crippen MR) is 72.6 cm³/mol. The van der Waals surface area contributed by atoms with Gasteiger partial charge < -0.3 is 10.4 Å². The van der Waals surface area contributed by atoms with Gasteiger partial charge in [-0.05, 0) is 23.3 Å². The van der Waals surface area contributed by atoms with Crippen molar-refractivity contribution >= 4 is 16.7 Å². The standard InChI is InChI=1S/C15H17NO2/c1-2-12(10-17)16-15(18)14-9-5-7-11-6-3-4-8-13(11)14/h3-9,12,17H,2,10H2,1H3,(H,16,18)/t12-/m0/s1. The average Bonchev–Trinajstić information content (AvgIpc) is 2.43. The van der Waals surface area contributed by atoms with Crippen molar-refractivity contribution in [2.24, 2.45) is 0 Å². The fourth-order valence-corrected chi connectivity index (χ4v) is 1.96. The first-order chi connectivity index (χ1) is 8.76. The van der Waals surface area contributed by atoms with Gasteiger partial charge in [0, 0.05) is 5.56 Å². The fraction of sp³-hybridized carbons (Fsp3) is 0.267. The van der Waals surface area contributed by atoms with Crippen molar-refractivity contribution in [1.82, 2.24) is 5.32 Å². The second-order valence-electron chi connectivity index (χ2n) is 4.29. The maximum atomic E-state index is 12.2. The van der Waals surface area contributed by atoms with Crippen molar-refractivity contribution < 1.29 is 9.90 Å². The Morgan fingerprint density at radius 3 is 2.67 bits per heavy atom. The van der Waals surface area contributed by atoms with E-state index in [0.717, 1.165) is 10.8 Å². The topological polar surface area (TPSA) is 49.3 Å². The van der Waals surface area contributed by atoms with E-state index >= 15 is 0 Å². The molecule has 1 amide bonds. The van der Waals surface area contributed by atoms with E-state index < -0.39 is 0 Å². The second kappa shape index (κ2) is 5.65. The highest BCUT2D eigenvalue weighted by molar-refractivity contribution is 6.07. The summed E-state index contributed by atoms with van der Waals surface area (Å²) in [6.07, 6.45) is 0.715. The summed E-state index contributed by atoms with van der Waals surface area (Å²) < 4.78 is 0. The third-order valence-electron chi connectivity index (χ3n) is 3.08. The van der Waals surface area contributed by atoms with E-state index in [9.17, 15) is 4.79 Å². The van der Waals surface area contributed by atoms with Crippen LogP contribution in [0.1, 0.15) is 23.7 Å². The van der Waals surface area contributed by atoms with Crippen LogP contribution in [0.2, 0.25) is 0 Å². The largest absolute Gasteiger partial charge is 0.394 e. The van der Waals surface area contributed by atoms with E-state index in [4.69, 9.17) is 5.11 Å². The molecule has 2 N–H and O–H groups in total. The van der Waals surface area contributed by atoms with Crippen LogP contribution in [0.25, 0.3) is 10.8 Å². The molecule has 0 saturated carbocycles. The lowest BCUT2D eigenvalue weighted by Crippen LogP contribution is -2.36. The lowest BCUT2D eigenvalue weighted by Gasteiger charge is -2.14. The van der Waals surface area contributed by atoms with E-state index in [1.54, 1.807) is 0 Å². The van der Waals surface area contributed by atoms with E-state index in [0.29, 0.717) is 12.0 Å². The van der Waals surface area contributed by atoms with Crippen LogP contribution in [0.15, 0.2) is 42.5 Å². The number of nitrogens with one attached hydrogen (secondary N) is 1. The summed E-state index contributed by atoms with van der Waals surface area (Å²) in [7, 11) is 0. The molecule has 3 nitrogen and oxygen atoms in total. The summed E-state index contributed by atoms with van der Waals surface area (Å²) in [5, 5.41) is 13.9. The zero-order valence-corrected chi connectivity index (χ0v) is 10.4. The molecule has 0 aliphatic carbocycles. The summed E-state index contributed by atoms with van der Waals surface area (Å²) in [6.45, 7) is 1.90. The molecule has 0 aliphatic rings. The van der Waals surface area contributed by atoms with Crippen LogP contribution < -0.4 is 5.32 Å². The molecule has 0 heterocycles. The molecule has 0 aliphatic heterocycles. The summed E-state index contributed by atoms with van der Waals surface area (Å²) in [4.78, 5) is 12.2. The number of fused-ring (bicyclic) bond motifs is 1. The van der Waals surface area contributed by atoms with Crippen LogP contribution in [0.4, 0.5) is 0 Å². The first-order valence-electron chi connectivity index (χ1n) is 6.15. The molecule has 3 heteroatoms. The summed E-state index contributed by atoms with van der Waals surface area (Å²) in [5.74, 6) is -0.132. The molecule has 2 aromatic rings. The SMILES string of the molecule is CC[C@@H](CO)NC(=O)c1cccc2ccccc12. The minimum absolute atomic E-state index is 0.0347. The molecular formula is C15H17NO2. The smallest absolute Gasteiger partial charge is 0.252 e. The highest BCUT2D eigenvalue weighted by Gasteiger charge is 2.13. The highest BCUT2D eigenvalue weighted by Crippen LogP contribution is 2.18. The molecule has 0 aromatic heterocycles. The zero-order chi connectivity index (χ0) is 13.0. The average molecular weight is 243 g/mol. The van der Waals surface area contributed by atoms with Crippen LogP contribution in [0, 0.1) is 0 Å². The molecule has 2 rings (SSSR count). The molecule has 0 unspecified atom stereocenters. The van der Waals surface area contributed by atoms with Gasteiger partial charge in [-0.15, -0.1) is 0 Å². The van der Waals surface area contributed by atoms with Crippen LogP contribution >= 0.6 is 0 Å². The second-order valence-corrected chi connectivity index (χ2v) is 4.29. The maximum absolute atomic E-state index is 12.2. The quantitative estimate of drug-likeness (QED) is 0.866. The minimum Gasteiger partial charge on any atom is -0.394 e. The number of carbonyl (C=O) groups is 1. The van der Waals surface area contributed by atoms with Crippen molar-refractivity contribution in [2.45, 2.75) is 19.4 Å². The van der Waals surface area contributed by atoms with Crippen LogP contribution in [-0.4, -0.2) is 23.7 Å². The Labute approximate surface area is 106 Å². The zero-order valence-electron chi connectivity index (χ0n) is 10.4. The molecule has 94 valence electrons. The Balaban J connectivity index is 2.33. The van der Waals surface area contributed by atoms with Gasteiger partial charge in [-0.3, -0.25) is 4.79 Å². The van der Waals surface area contributed by atoms with E-state index in [2.05, 4.69) is 5.32 Å². The molecule has 0 bridgehead atoms. The van der Waals surface area contributed by atoms with Gasteiger partial charge in [-0.2, -0.15) is 0 Å². The highest BCUT2D eigenvalue weighted by atomic mass is 16.3. The molecule has 1 atom stereocenters. The van der Waals surface area contributed by atoms with Crippen molar-refractivity contribution in [2.75, 3.05) is 6.61 Å². The van der Waals surface area contributed by atoms with Gasteiger partial charge in [0.2, 0.25) is 0 Å². The minimum atomic E-state index is -0.184. The lowest BCUT2D eigenvalue weighted by atomic mass is 10.0. The number of aliphatic hydroxyl groups is 1. The van der Waals surface area contributed by atoms with Gasteiger partial charge in [-0.25, -0.2) is 0 Å². The maximum Gasteiger partial charge on any atom is 0.252 e. The number of aliphatic hydroxyl groups excluding tert-OH is 1. The number of amides is 1. The Hall–Kier alpha value is -1.87. The third-order valence-corrected chi connectivity index (χ3v) is 3.08. The van der Waals surface area contributed by atoms with Crippen molar-refractivity contribution in [3.63, 3.8) is 0 Å². The number of carbonyl (C=O) groups excluding carboxylic acids is 1. The Kier molecular flexibility index (Phi) is 3.95. The summed E-state index contributed by atoms with van der Waals surface area (Å²) >= 11 is 0. The van der Waals surface area contributed by atoms with Crippen LogP contribution in [0.5, 0.6) is 0 Å². The lowest BCUT2D eigenvalue weighted by molar-refractivity contribution is 0.0916. The summed E-state index contributed by atoms with van der Waals surface area (Å²) in [5.41, 5.74) is 0.653. The Morgan fingerprint density at radius 1 is 1.22 bits per heavy atom. The van der Waals surface area contributed by atoms with Crippen LogP contribution in [-0.2, 0) is 0 Å². The van der Waals surface area contributed by atoms with Crippen molar-refractivity contribution in [3.05, 3.63) is 48.0 Å². The molecular weight excluding hydrogens is 226 g/mol. The fourth-order valence-electron chi connectivity index (χ4n) is 1.96. The van der Waals surface area contributed by atoms with Crippen molar-refractivity contribution in [1.29, 1.82) is 0 Å². The van der Waals surface area contributed by atoms with Gasteiger partial charge in [0.15, 0.2) is 0 Å². The summed E-state index contributed by atoms with van der Waals surface area (Å²) in [6, 6.07) is 13.3. The molecule has 18 heavy (non-hydrogen) atoms. The number of hydrogen-bond acceptors (Lipinski definition) is 2. The number of hydrogen-bond donors (Lipinski definition) is 2. The monoisotopic (exact) mass is 243 g/mol. The van der Waals surface area contributed by atoms with Gasteiger partial charge in [0.25, 0.3) is 5.91 Å². The van der Waals surface area contributed by atoms with Gasteiger partial charge in [-0.1, -0.05) is 43.3 Å². The Morgan fingerprint density at radius 2 is 1.94 bits per heavy atom. The molecule has 2 aromatic carbocycles. The number of rotatable bonds is 4. The van der Waals surface area contributed by atoms with Gasteiger partial charge >= 0.3 is 0 Å². The van der Waals surface area contributed by atoms with Gasteiger partial charge in [0.1, 0.15) is 0 Å². The normalized spacial score (nSPS) is 12.3.